The van der Waals surface area contributed by atoms with E-state index >= 15 is 0 Å². The monoisotopic (exact) mass is 453 g/mol. The first kappa shape index (κ1) is 22.3. The second kappa shape index (κ2) is 8.39. The molecule has 1 unspecified atom stereocenters. The number of allylic oxidation sites excluding steroid dienone is 1. The molecule has 5 rings (SSSR count). The minimum Gasteiger partial charge on any atom is -0.378 e. The van der Waals surface area contributed by atoms with E-state index < -0.39 is 0 Å². The summed E-state index contributed by atoms with van der Waals surface area (Å²) in [5, 5.41) is 4.07. The molecular formula is C29H31N3O2. The first-order chi connectivity index (χ1) is 16.2. The molecule has 1 aromatic heterocycles. The fourth-order valence-electron chi connectivity index (χ4n) is 4.65. The fraction of sp³-hybridized carbons (Fsp3) is 0.345. The van der Waals surface area contributed by atoms with Crippen LogP contribution >= 0.6 is 0 Å². The second-order valence-electron chi connectivity index (χ2n) is 10.6. The van der Waals surface area contributed by atoms with E-state index in [1.165, 1.54) is 22.5 Å². The Hall–Kier alpha value is -3.47. The Kier molecular flexibility index (Phi) is 5.51. The fourth-order valence-corrected chi connectivity index (χ4v) is 4.65. The van der Waals surface area contributed by atoms with Crippen LogP contribution in [0.15, 0.2) is 64.1 Å². The minimum atomic E-state index is -0.113. The summed E-state index contributed by atoms with van der Waals surface area (Å²) in [5.41, 5.74) is 8.90. The van der Waals surface area contributed by atoms with Crippen molar-refractivity contribution >= 4 is 22.9 Å². The average molecular weight is 454 g/mol. The van der Waals surface area contributed by atoms with E-state index in [9.17, 15) is 4.79 Å². The molecule has 2 aliphatic rings. The summed E-state index contributed by atoms with van der Waals surface area (Å²) in [6.07, 6.45) is 3.85. The number of aromatic nitrogens is 1. The lowest BCUT2D eigenvalue weighted by atomic mass is 9.93. The van der Waals surface area contributed by atoms with Crippen LogP contribution in [0.5, 0.6) is 0 Å². The lowest BCUT2D eigenvalue weighted by Crippen LogP contribution is -2.09. The van der Waals surface area contributed by atoms with Crippen LogP contribution < -0.4 is 4.90 Å². The van der Waals surface area contributed by atoms with Crippen molar-refractivity contribution in [3.05, 3.63) is 88.3 Å². The number of hydrogen-bond acceptors (Lipinski definition) is 5. The first-order valence-corrected chi connectivity index (χ1v) is 11.8. The van der Waals surface area contributed by atoms with Gasteiger partial charge >= 0.3 is 0 Å². The Morgan fingerprint density at radius 2 is 1.82 bits per heavy atom. The summed E-state index contributed by atoms with van der Waals surface area (Å²) in [6.45, 7) is 6.20. The molecule has 174 valence electrons. The third-order valence-electron chi connectivity index (χ3n) is 6.62. The van der Waals surface area contributed by atoms with Gasteiger partial charge in [0, 0.05) is 55.7 Å². The van der Waals surface area contributed by atoms with Gasteiger partial charge in [-0.25, -0.2) is 0 Å². The van der Waals surface area contributed by atoms with Gasteiger partial charge in [0.05, 0.1) is 17.8 Å². The first-order valence-electron chi connectivity index (χ1n) is 11.8. The number of Topliss-reactive ketones (excluding diaryl/α,β-unsaturated/α-hetero) is 1. The molecule has 0 bridgehead atoms. The van der Waals surface area contributed by atoms with E-state index in [-0.39, 0.29) is 23.5 Å². The van der Waals surface area contributed by atoms with Gasteiger partial charge < -0.3 is 9.42 Å². The molecule has 0 radical (unpaired) electrons. The normalized spacial score (nSPS) is 16.7. The number of carbonyl (C=O) groups is 1. The third-order valence-corrected chi connectivity index (χ3v) is 6.62. The quantitative estimate of drug-likeness (QED) is 0.493. The van der Waals surface area contributed by atoms with Gasteiger partial charge in [0.1, 0.15) is 11.5 Å². The zero-order valence-electron chi connectivity index (χ0n) is 20.6. The Morgan fingerprint density at radius 1 is 1.06 bits per heavy atom. The molecule has 2 heterocycles. The molecule has 5 nitrogen and oxygen atoms in total. The smallest absolute Gasteiger partial charge is 0.143 e. The Bertz CT molecular complexity index is 1300. The van der Waals surface area contributed by atoms with Crippen molar-refractivity contribution in [3.63, 3.8) is 0 Å². The molecule has 0 spiro atoms. The Balaban J connectivity index is 1.24. The molecule has 0 fully saturated rings. The summed E-state index contributed by atoms with van der Waals surface area (Å²) < 4.78 is 5.40. The van der Waals surface area contributed by atoms with Gasteiger partial charge in [-0.05, 0) is 40.5 Å². The van der Waals surface area contributed by atoms with Gasteiger partial charge in [-0.1, -0.05) is 56.3 Å². The molecule has 5 heteroatoms. The molecular weight excluding hydrogens is 422 g/mol. The van der Waals surface area contributed by atoms with E-state index in [1.54, 1.807) is 0 Å². The molecule has 1 atom stereocenters. The van der Waals surface area contributed by atoms with Crippen molar-refractivity contribution < 1.29 is 9.32 Å². The van der Waals surface area contributed by atoms with Crippen LogP contribution in [0.2, 0.25) is 0 Å². The van der Waals surface area contributed by atoms with Crippen molar-refractivity contribution in [2.24, 2.45) is 4.99 Å². The summed E-state index contributed by atoms with van der Waals surface area (Å²) in [7, 11) is 4.14. The topological polar surface area (TPSA) is 58.7 Å². The van der Waals surface area contributed by atoms with Gasteiger partial charge in [0.15, 0.2) is 0 Å². The van der Waals surface area contributed by atoms with E-state index in [2.05, 4.69) is 81.3 Å². The number of hydrogen-bond donors (Lipinski definition) is 0. The van der Waals surface area contributed by atoms with E-state index in [1.807, 2.05) is 18.2 Å². The van der Waals surface area contributed by atoms with Gasteiger partial charge in [-0.15, -0.1) is 0 Å². The molecule has 2 aromatic carbocycles. The van der Waals surface area contributed by atoms with Crippen molar-refractivity contribution in [3.8, 4) is 0 Å². The maximum absolute atomic E-state index is 12.6. The van der Waals surface area contributed by atoms with Gasteiger partial charge in [-0.2, -0.15) is 0 Å². The number of fused-ring (bicyclic) bond motifs is 3. The highest BCUT2D eigenvalue weighted by atomic mass is 16.5. The molecule has 1 aliphatic heterocycles. The molecule has 0 saturated heterocycles. The summed E-state index contributed by atoms with van der Waals surface area (Å²) in [6, 6.07) is 16.8. The van der Waals surface area contributed by atoms with Crippen molar-refractivity contribution in [2.45, 2.75) is 51.4 Å². The van der Waals surface area contributed by atoms with Crippen molar-refractivity contribution in [1.29, 1.82) is 0 Å². The number of anilines is 1. The summed E-state index contributed by atoms with van der Waals surface area (Å²) >= 11 is 0. The molecule has 1 aliphatic carbocycles. The zero-order chi connectivity index (χ0) is 24.0. The highest BCUT2D eigenvalue weighted by molar-refractivity contribution is 6.06. The lowest BCUT2D eigenvalue weighted by Gasteiger charge is -2.14. The van der Waals surface area contributed by atoms with E-state index in [0.29, 0.717) is 12.1 Å². The minimum absolute atomic E-state index is 0.113. The Labute approximate surface area is 201 Å². The van der Waals surface area contributed by atoms with Crippen LogP contribution in [-0.2, 0) is 29.5 Å². The maximum atomic E-state index is 12.6. The predicted molar refractivity (Wildman–Crippen MR) is 137 cm³/mol. The zero-order valence-corrected chi connectivity index (χ0v) is 20.6. The molecule has 0 amide bonds. The van der Waals surface area contributed by atoms with E-state index in [4.69, 9.17) is 9.52 Å². The highest BCUT2D eigenvalue weighted by Gasteiger charge is 2.31. The summed E-state index contributed by atoms with van der Waals surface area (Å²) in [5.74, 6) is 1.21. The van der Waals surface area contributed by atoms with Crippen LogP contribution in [0, 0.1) is 0 Å². The average Bonchev–Trinajstić information content (AvgIpc) is 3.48. The van der Waals surface area contributed by atoms with Crippen molar-refractivity contribution in [1.82, 2.24) is 5.16 Å². The third kappa shape index (κ3) is 4.35. The van der Waals surface area contributed by atoms with Gasteiger partial charge in [0.2, 0.25) is 0 Å². The molecule has 34 heavy (non-hydrogen) atoms. The number of ketones is 1. The highest BCUT2D eigenvalue weighted by Crippen LogP contribution is 2.41. The van der Waals surface area contributed by atoms with E-state index in [0.717, 1.165) is 29.0 Å². The van der Waals surface area contributed by atoms with Crippen LogP contribution in [0.25, 0.3) is 5.70 Å². The number of benzene rings is 2. The SMILES string of the molecule is CN(C)c1ccc2c(c1)CC1=NC(c3ccc(CC(=O)Cc4cc(C(C)(C)C)on4)cc3)=CC12. The standard InChI is InChI=1S/C29H31N3O2/c1-29(2,3)28-16-21(31-34-28)15-23(33)12-18-6-8-19(9-7-18)26-17-25-24-11-10-22(32(4)5)13-20(24)14-27(25)30-26/h6-11,13,16-17,25H,12,14-15H2,1-5H3. The Morgan fingerprint density at radius 3 is 2.50 bits per heavy atom. The predicted octanol–water partition coefficient (Wildman–Crippen LogP) is 5.53. The largest absolute Gasteiger partial charge is 0.378 e. The second-order valence-corrected chi connectivity index (χ2v) is 10.6. The number of rotatable bonds is 6. The molecule has 0 N–H and O–H groups in total. The number of aliphatic imine (C=N–C) groups is 1. The van der Waals surface area contributed by atoms with Gasteiger partial charge in [0.25, 0.3) is 0 Å². The number of nitrogens with zero attached hydrogens (tertiary/aromatic N) is 3. The molecule has 0 saturated carbocycles. The maximum Gasteiger partial charge on any atom is 0.143 e. The van der Waals surface area contributed by atoms with Gasteiger partial charge in [-0.3, -0.25) is 9.79 Å². The van der Waals surface area contributed by atoms with Crippen molar-refractivity contribution in [2.75, 3.05) is 19.0 Å². The summed E-state index contributed by atoms with van der Waals surface area (Å²) in [4.78, 5) is 19.7. The van der Waals surface area contributed by atoms with Crippen LogP contribution in [0.1, 0.15) is 60.4 Å². The number of carbonyl (C=O) groups excluding carboxylic acids is 1. The van der Waals surface area contributed by atoms with Crippen LogP contribution in [0.4, 0.5) is 5.69 Å². The van der Waals surface area contributed by atoms with Crippen LogP contribution in [-0.4, -0.2) is 30.7 Å². The van der Waals surface area contributed by atoms with Crippen LogP contribution in [0.3, 0.4) is 0 Å². The lowest BCUT2D eigenvalue weighted by molar-refractivity contribution is -0.117. The molecule has 3 aromatic rings.